The van der Waals surface area contributed by atoms with E-state index < -0.39 is 15.9 Å². The van der Waals surface area contributed by atoms with Crippen molar-refractivity contribution >= 4 is 15.8 Å². The van der Waals surface area contributed by atoms with Crippen LogP contribution in [0.4, 0.5) is 0 Å². The SMILES string of the molecule is CCOC(=O)C(CC(C)C)NC1CCS(=O)(=O)C1. The van der Waals surface area contributed by atoms with E-state index in [1.54, 1.807) is 6.92 Å². The molecule has 6 heteroatoms. The molecule has 1 aliphatic rings. The Morgan fingerprint density at radius 2 is 2.11 bits per heavy atom. The summed E-state index contributed by atoms with van der Waals surface area (Å²) in [7, 11) is -2.92. The Morgan fingerprint density at radius 1 is 1.44 bits per heavy atom. The zero-order valence-electron chi connectivity index (χ0n) is 11.3. The molecule has 0 radical (unpaired) electrons. The van der Waals surface area contributed by atoms with E-state index in [0.29, 0.717) is 25.4 Å². The summed E-state index contributed by atoms with van der Waals surface area (Å²) in [5.41, 5.74) is 0. The molecule has 0 spiro atoms. The minimum atomic E-state index is -2.92. The second-order valence-corrected chi connectivity index (χ2v) is 7.43. The third kappa shape index (κ3) is 4.94. The van der Waals surface area contributed by atoms with Gasteiger partial charge in [-0.2, -0.15) is 0 Å². The van der Waals surface area contributed by atoms with Crippen LogP contribution >= 0.6 is 0 Å². The lowest BCUT2D eigenvalue weighted by atomic mass is 10.0. The van der Waals surface area contributed by atoms with Crippen molar-refractivity contribution in [3.63, 3.8) is 0 Å². The summed E-state index contributed by atoms with van der Waals surface area (Å²) in [6.45, 7) is 6.17. The van der Waals surface area contributed by atoms with E-state index in [2.05, 4.69) is 5.32 Å². The molecule has 1 rings (SSSR count). The van der Waals surface area contributed by atoms with Crippen LogP contribution in [-0.2, 0) is 19.4 Å². The van der Waals surface area contributed by atoms with Crippen molar-refractivity contribution in [3.8, 4) is 0 Å². The van der Waals surface area contributed by atoms with Gasteiger partial charge in [0.25, 0.3) is 0 Å². The number of rotatable bonds is 6. The number of sulfone groups is 1. The smallest absolute Gasteiger partial charge is 0.323 e. The molecule has 0 bridgehead atoms. The van der Waals surface area contributed by atoms with Gasteiger partial charge in [-0.25, -0.2) is 8.42 Å². The Labute approximate surface area is 109 Å². The maximum Gasteiger partial charge on any atom is 0.323 e. The minimum absolute atomic E-state index is 0.122. The van der Waals surface area contributed by atoms with Crippen LogP contribution in [0.3, 0.4) is 0 Å². The summed E-state index contributed by atoms with van der Waals surface area (Å²) in [4.78, 5) is 11.8. The van der Waals surface area contributed by atoms with Gasteiger partial charge in [0, 0.05) is 6.04 Å². The molecule has 106 valence electrons. The first-order valence-electron chi connectivity index (χ1n) is 6.47. The van der Waals surface area contributed by atoms with Crippen LogP contribution in [-0.4, -0.2) is 44.6 Å². The molecule has 0 aliphatic carbocycles. The predicted octanol–water partition coefficient (Wildman–Crippen LogP) is 0.741. The van der Waals surface area contributed by atoms with Crippen LogP contribution in [0.1, 0.15) is 33.6 Å². The highest BCUT2D eigenvalue weighted by Crippen LogP contribution is 2.14. The molecule has 1 N–H and O–H groups in total. The molecule has 2 unspecified atom stereocenters. The molecule has 18 heavy (non-hydrogen) atoms. The summed E-state index contributed by atoms with van der Waals surface area (Å²) in [6.07, 6.45) is 1.24. The van der Waals surface area contributed by atoms with Crippen molar-refractivity contribution in [1.82, 2.24) is 5.32 Å². The number of carbonyl (C=O) groups excluding carboxylic acids is 1. The Hall–Kier alpha value is -0.620. The highest BCUT2D eigenvalue weighted by Gasteiger charge is 2.32. The van der Waals surface area contributed by atoms with Gasteiger partial charge in [0.2, 0.25) is 0 Å². The van der Waals surface area contributed by atoms with E-state index in [1.807, 2.05) is 13.8 Å². The number of hydrogen-bond acceptors (Lipinski definition) is 5. The molecule has 2 atom stereocenters. The zero-order chi connectivity index (χ0) is 13.8. The molecule has 5 nitrogen and oxygen atoms in total. The fourth-order valence-electron chi connectivity index (χ4n) is 2.16. The van der Waals surface area contributed by atoms with Crippen molar-refractivity contribution in [2.24, 2.45) is 5.92 Å². The largest absolute Gasteiger partial charge is 0.465 e. The van der Waals surface area contributed by atoms with Gasteiger partial charge in [-0.3, -0.25) is 4.79 Å². The molecular formula is C12H23NO4S. The van der Waals surface area contributed by atoms with Crippen LogP contribution in [0, 0.1) is 5.92 Å². The monoisotopic (exact) mass is 277 g/mol. The number of carbonyl (C=O) groups is 1. The van der Waals surface area contributed by atoms with E-state index >= 15 is 0 Å². The number of nitrogens with one attached hydrogen (secondary N) is 1. The Kier molecular flexibility index (Phi) is 5.59. The summed E-state index contributed by atoms with van der Waals surface area (Å²) in [5.74, 6) is 0.406. The second-order valence-electron chi connectivity index (χ2n) is 5.20. The van der Waals surface area contributed by atoms with Crippen LogP contribution in [0.2, 0.25) is 0 Å². The Bertz CT molecular complexity index is 378. The lowest BCUT2D eigenvalue weighted by Gasteiger charge is -2.22. The number of ether oxygens (including phenoxy) is 1. The van der Waals surface area contributed by atoms with Crippen molar-refractivity contribution in [2.75, 3.05) is 18.1 Å². The highest BCUT2D eigenvalue weighted by atomic mass is 32.2. The lowest BCUT2D eigenvalue weighted by molar-refractivity contribution is -0.146. The first kappa shape index (κ1) is 15.4. The summed E-state index contributed by atoms with van der Waals surface area (Å²) < 4.78 is 27.8. The molecule has 1 heterocycles. The van der Waals surface area contributed by atoms with Gasteiger partial charge in [0.1, 0.15) is 6.04 Å². The summed E-state index contributed by atoms with van der Waals surface area (Å²) in [5, 5.41) is 3.13. The summed E-state index contributed by atoms with van der Waals surface area (Å²) >= 11 is 0. The highest BCUT2D eigenvalue weighted by molar-refractivity contribution is 7.91. The molecule has 0 amide bonds. The molecule has 1 aliphatic heterocycles. The first-order valence-corrected chi connectivity index (χ1v) is 8.29. The summed E-state index contributed by atoms with van der Waals surface area (Å²) in [6, 6.07) is -0.522. The van der Waals surface area contributed by atoms with Gasteiger partial charge < -0.3 is 10.1 Å². The number of hydrogen-bond donors (Lipinski definition) is 1. The van der Waals surface area contributed by atoms with Gasteiger partial charge in [0.05, 0.1) is 18.1 Å². The van der Waals surface area contributed by atoms with Crippen molar-refractivity contribution in [2.45, 2.75) is 45.7 Å². The molecule has 1 fully saturated rings. The molecule has 0 aromatic rings. The molecule has 1 saturated heterocycles. The van der Waals surface area contributed by atoms with Crippen LogP contribution < -0.4 is 5.32 Å². The maximum absolute atomic E-state index is 11.8. The third-order valence-corrected chi connectivity index (χ3v) is 4.72. The quantitative estimate of drug-likeness (QED) is 0.725. The van der Waals surface area contributed by atoms with Gasteiger partial charge in [-0.1, -0.05) is 13.8 Å². The van der Waals surface area contributed by atoms with E-state index in [0.717, 1.165) is 0 Å². The van der Waals surface area contributed by atoms with Crippen LogP contribution in [0.5, 0.6) is 0 Å². The predicted molar refractivity (Wildman–Crippen MR) is 70.1 cm³/mol. The average molecular weight is 277 g/mol. The topological polar surface area (TPSA) is 72.5 Å². The fourth-order valence-corrected chi connectivity index (χ4v) is 3.84. The number of esters is 1. The standard InChI is InChI=1S/C12H23NO4S/c1-4-17-12(14)11(7-9(2)3)13-10-5-6-18(15,16)8-10/h9-11,13H,4-8H2,1-3H3. The zero-order valence-corrected chi connectivity index (χ0v) is 12.1. The average Bonchev–Trinajstić information content (AvgIpc) is 2.57. The lowest BCUT2D eigenvalue weighted by Crippen LogP contribution is -2.45. The van der Waals surface area contributed by atoms with Gasteiger partial charge in [0.15, 0.2) is 9.84 Å². The van der Waals surface area contributed by atoms with Gasteiger partial charge in [-0.15, -0.1) is 0 Å². The third-order valence-electron chi connectivity index (χ3n) is 2.95. The van der Waals surface area contributed by atoms with Crippen molar-refractivity contribution < 1.29 is 17.9 Å². The van der Waals surface area contributed by atoms with E-state index in [1.165, 1.54) is 0 Å². The minimum Gasteiger partial charge on any atom is -0.465 e. The Balaban J connectivity index is 2.58. The second kappa shape index (κ2) is 6.52. The first-order chi connectivity index (χ1) is 8.34. The normalized spacial score (nSPS) is 24.1. The van der Waals surface area contributed by atoms with E-state index in [4.69, 9.17) is 4.74 Å². The van der Waals surface area contributed by atoms with Gasteiger partial charge in [-0.05, 0) is 25.7 Å². The van der Waals surface area contributed by atoms with Crippen molar-refractivity contribution in [1.29, 1.82) is 0 Å². The van der Waals surface area contributed by atoms with E-state index in [-0.39, 0.29) is 23.5 Å². The fraction of sp³-hybridized carbons (Fsp3) is 0.917. The van der Waals surface area contributed by atoms with Crippen LogP contribution in [0.25, 0.3) is 0 Å². The maximum atomic E-state index is 11.8. The molecular weight excluding hydrogens is 254 g/mol. The van der Waals surface area contributed by atoms with Gasteiger partial charge >= 0.3 is 5.97 Å². The Morgan fingerprint density at radius 3 is 2.56 bits per heavy atom. The molecule has 0 aromatic carbocycles. The molecule has 0 aromatic heterocycles. The van der Waals surface area contributed by atoms with Crippen molar-refractivity contribution in [3.05, 3.63) is 0 Å². The van der Waals surface area contributed by atoms with Crippen LogP contribution in [0.15, 0.2) is 0 Å². The van der Waals surface area contributed by atoms with E-state index in [9.17, 15) is 13.2 Å². The molecule has 0 saturated carbocycles.